The van der Waals surface area contributed by atoms with Crippen molar-refractivity contribution in [1.29, 1.82) is 0 Å². The molecule has 2 rings (SSSR count). The second-order valence-corrected chi connectivity index (χ2v) is 4.02. The average Bonchev–Trinajstić information content (AvgIpc) is 2.27. The van der Waals surface area contributed by atoms with Gasteiger partial charge in [-0.3, -0.25) is 5.11 Å². The molecule has 0 heterocycles. The molecule has 16 heavy (non-hydrogen) atoms. The molecule has 0 spiro atoms. The second kappa shape index (κ2) is 4.64. The molecule has 81 valence electrons. The molecule has 0 fully saturated rings. The molecule has 2 aromatic carbocycles. The van der Waals surface area contributed by atoms with E-state index in [9.17, 15) is 5.11 Å². The molecule has 2 aromatic rings. The van der Waals surface area contributed by atoms with Crippen LogP contribution in [0, 0.1) is 0 Å². The average molecular weight is 254 g/mol. The zero-order valence-corrected chi connectivity index (χ0v) is 9.63. The zero-order valence-electron chi connectivity index (χ0n) is 8.11. The summed E-state index contributed by atoms with van der Waals surface area (Å²) >= 11 is 11.5. The second-order valence-electron chi connectivity index (χ2n) is 3.15. The predicted octanol–water partition coefficient (Wildman–Crippen LogP) is 4.93. The van der Waals surface area contributed by atoms with Gasteiger partial charge in [0.15, 0.2) is 5.75 Å². The highest BCUT2D eigenvalue weighted by molar-refractivity contribution is 6.31. The van der Waals surface area contributed by atoms with Gasteiger partial charge in [0, 0.05) is 16.1 Å². The maximum Gasteiger partial charge on any atom is 0.221 e. The van der Waals surface area contributed by atoms with Crippen LogP contribution in [0.5, 0.6) is 17.2 Å². The van der Waals surface area contributed by atoms with Crippen LogP contribution in [0.25, 0.3) is 0 Å². The number of ether oxygens (including phenoxy) is 1. The van der Waals surface area contributed by atoms with E-state index in [0.717, 1.165) is 0 Å². The first-order chi connectivity index (χ1) is 7.65. The highest BCUT2D eigenvalue weighted by Gasteiger charge is 2.06. The Hall–Kier alpha value is -1.38. The molecule has 1 radical (unpaired) electrons. The third-order valence-corrected chi connectivity index (χ3v) is 2.43. The normalized spacial score (nSPS) is 10.1. The smallest absolute Gasteiger partial charge is 0.221 e. The van der Waals surface area contributed by atoms with Crippen molar-refractivity contribution in [2.75, 3.05) is 0 Å². The Bertz CT molecular complexity index is 495. The molecular formula is C12H7Cl2O2. The lowest BCUT2D eigenvalue weighted by Crippen LogP contribution is -1.84. The van der Waals surface area contributed by atoms with Gasteiger partial charge in [0.2, 0.25) is 5.75 Å². The summed E-state index contributed by atoms with van der Waals surface area (Å²) in [4.78, 5) is 0. The number of rotatable bonds is 2. The van der Waals surface area contributed by atoms with Crippen LogP contribution in [0.2, 0.25) is 10.0 Å². The minimum Gasteiger partial charge on any atom is -0.453 e. The minimum absolute atomic E-state index is 0.204. The molecule has 0 N–H and O–H groups in total. The molecule has 2 nitrogen and oxygen atoms in total. The molecule has 0 aliphatic carbocycles. The molecule has 0 saturated heterocycles. The van der Waals surface area contributed by atoms with E-state index in [-0.39, 0.29) is 11.5 Å². The fourth-order valence-electron chi connectivity index (χ4n) is 1.19. The molecule has 0 saturated carbocycles. The van der Waals surface area contributed by atoms with Crippen LogP contribution < -0.4 is 4.74 Å². The van der Waals surface area contributed by atoms with E-state index in [1.54, 1.807) is 24.3 Å². The summed E-state index contributed by atoms with van der Waals surface area (Å²) in [7, 11) is 0. The number of benzene rings is 2. The van der Waals surface area contributed by atoms with Crippen LogP contribution in [-0.4, -0.2) is 0 Å². The fourth-order valence-corrected chi connectivity index (χ4v) is 1.48. The van der Waals surface area contributed by atoms with Crippen LogP contribution in [0.4, 0.5) is 0 Å². The molecular weight excluding hydrogens is 247 g/mol. The summed E-state index contributed by atoms with van der Waals surface area (Å²) in [6, 6.07) is 11.1. The van der Waals surface area contributed by atoms with Crippen LogP contribution in [-0.2, 0) is 5.11 Å². The van der Waals surface area contributed by atoms with E-state index >= 15 is 0 Å². The van der Waals surface area contributed by atoms with E-state index in [0.29, 0.717) is 15.8 Å². The summed E-state index contributed by atoms with van der Waals surface area (Å²) in [5.74, 6) is 0.540. The van der Waals surface area contributed by atoms with Gasteiger partial charge in [-0.15, -0.1) is 0 Å². The maximum atomic E-state index is 11.4. The number of hydrogen-bond acceptors (Lipinski definition) is 1. The minimum atomic E-state index is -0.209. The molecule has 0 aliphatic rings. The number of halogens is 2. The van der Waals surface area contributed by atoms with Gasteiger partial charge in [0.25, 0.3) is 0 Å². The van der Waals surface area contributed by atoms with Gasteiger partial charge in [0.05, 0.1) is 0 Å². The van der Waals surface area contributed by atoms with Crippen LogP contribution >= 0.6 is 23.2 Å². The van der Waals surface area contributed by atoms with Gasteiger partial charge in [-0.05, 0) is 36.4 Å². The maximum absolute atomic E-state index is 11.4. The lowest BCUT2D eigenvalue weighted by molar-refractivity contribution is 0.329. The molecule has 0 atom stereocenters. The van der Waals surface area contributed by atoms with Crippen molar-refractivity contribution in [3.63, 3.8) is 0 Å². The van der Waals surface area contributed by atoms with E-state index in [2.05, 4.69) is 0 Å². The third-order valence-electron chi connectivity index (χ3n) is 1.95. The lowest BCUT2D eigenvalue weighted by atomic mass is 10.3. The highest BCUT2D eigenvalue weighted by Crippen LogP contribution is 2.33. The van der Waals surface area contributed by atoms with Gasteiger partial charge < -0.3 is 4.74 Å². The molecule has 0 bridgehead atoms. The topological polar surface area (TPSA) is 29.1 Å². The highest BCUT2D eigenvalue weighted by atomic mass is 35.5. The monoisotopic (exact) mass is 253 g/mol. The van der Waals surface area contributed by atoms with Crippen molar-refractivity contribution in [3.05, 3.63) is 52.5 Å². The summed E-state index contributed by atoms with van der Waals surface area (Å²) < 4.78 is 5.39. The molecule has 0 aromatic heterocycles. The summed E-state index contributed by atoms with van der Waals surface area (Å²) in [5.41, 5.74) is 0. The van der Waals surface area contributed by atoms with Crippen LogP contribution in [0.1, 0.15) is 0 Å². The van der Waals surface area contributed by atoms with Gasteiger partial charge in [-0.25, -0.2) is 0 Å². The van der Waals surface area contributed by atoms with E-state index in [4.69, 9.17) is 27.9 Å². The van der Waals surface area contributed by atoms with Crippen molar-refractivity contribution in [3.8, 4) is 17.2 Å². The van der Waals surface area contributed by atoms with E-state index in [1.165, 1.54) is 18.2 Å². The number of hydrogen-bond donors (Lipinski definition) is 0. The summed E-state index contributed by atoms with van der Waals surface area (Å²) in [5, 5.41) is 12.5. The quantitative estimate of drug-likeness (QED) is 0.746. The van der Waals surface area contributed by atoms with Crippen molar-refractivity contribution < 1.29 is 9.84 Å². The Morgan fingerprint density at radius 1 is 0.875 bits per heavy atom. The molecule has 0 unspecified atom stereocenters. The Balaban J connectivity index is 2.26. The Labute approximate surface area is 103 Å². The van der Waals surface area contributed by atoms with E-state index < -0.39 is 0 Å². The summed E-state index contributed by atoms with van der Waals surface area (Å²) in [6.45, 7) is 0. The zero-order chi connectivity index (χ0) is 11.5. The van der Waals surface area contributed by atoms with Crippen molar-refractivity contribution in [2.24, 2.45) is 0 Å². The Morgan fingerprint density at radius 2 is 1.50 bits per heavy atom. The van der Waals surface area contributed by atoms with Gasteiger partial charge >= 0.3 is 0 Å². The lowest BCUT2D eigenvalue weighted by Gasteiger charge is -2.06. The van der Waals surface area contributed by atoms with Crippen molar-refractivity contribution in [2.45, 2.75) is 0 Å². The molecule has 0 amide bonds. The van der Waals surface area contributed by atoms with Gasteiger partial charge in [-0.1, -0.05) is 23.2 Å². The first-order valence-electron chi connectivity index (χ1n) is 4.55. The van der Waals surface area contributed by atoms with Crippen LogP contribution in [0.3, 0.4) is 0 Å². The summed E-state index contributed by atoms with van der Waals surface area (Å²) in [6.07, 6.45) is 0. The van der Waals surface area contributed by atoms with Crippen molar-refractivity contribution >= 4 is 23.2 Å². The Kier molecular flexibility index (Phi) is 3.22. The third kappa shape index (κ3) is 2.60. The van der Waals surface area contributed by atoms with Crippen molar-refractivity contribution in [1.82, 2.24) is 0 Å². The predicted molar refractivity (Wildman–Crippen MR) is 63.1 cm³/mol. The van der Waals surface area contributed by atoms with E-state index in [1.807, 2.05) is 0 Å². The Morgan fingerprint density at radius 3 is 2.19 bits per heavy atom. The van der Waals surface area contributed by atoms with Crippen LogP contribution in [0.15, 0.2) is 42.5 Å². The largest absolute Gasteiger partial charge is 0.453 e. The van der Waals surface area contributed by atoms with Gasteiger partial charge in [0.1, 0.15) is 5.75 Å². The molecule has 0 aliphatic heterocycles. The SMILES string of the molecule is [O]c1ccc(Cl)cc1Oc1ccc(Cl)cc1. The fraction of sp³-hybridized carbons (Fsp3) is 0. The first kappa shape index (κ1) is 11.1. The first-order valence-corrected chi connectivity index (χ1v) is 5.31. The standard InChI is InChI=1S/C12H7Cl2O2/c13-8-1-4-10(5-2-8)16-12-7-9(14)3-6-11(12)15/h1-7H. The molecule has 4 heteroatoms. The van der Waals surface area contributed by atoms with Gasteiger partial charge in [-0.2, -0.15) is 0 Å².